The summed E-state index contributed by atoms with van der Waals surface area (Å²) >= 11 is 0. The van der Waals surface area contributed by atoms with Crippen LogP contribution in [0.25, 0.3) is 0 Å². The summed E-state index contributed by atoms with van der Waals surface area (Å²) in [4.78, 5) is 29.9. The van der Waals surface area contributed by atoms with Crippen LogP contribution in [0.4, 0.5) is 11.4 Å². The summed E-state index contributed by atoms with van der Waals surface area (Å²) in [6.07, 6.45) is 4.23. The summed E-state index contributed by atoms with van der Waals surface area (Å²) in [5.74, 6) is 0.163. The summed E-state index contributed by atoms with van der Waals surface area (Å²) in [6.45, 7) is 4.42. The maximum Gasteiger partial charge on any atom is 0.310 e. The van der Waals surface area contributed by atoms with E-state index < -0.39 is 4.92 Å². The van der Waals surface area contributed by atoms with Crippen molar-refractivity contribution in [3.8, 4) is 0 Å². The third kappa shape index (κ3) is 3.04. The predicted octanol–water partition coefficient (Wildman–Crippen LogP) is 1.44. The number of anilines is 1. The van der Waals surface area contributed by atoms with Crippen molar-refractivity contribution in [2.24, 2.45) is 0 Å². The summed E-state index contributed by atoms with van der Waals surface area (Å²) in [5, 5.41) is 11.0. The fourth-order valence-electron chi connectivity index (χ4n) is 2.36. The van der Waals surface area contributed by atoms with E-state index >= 15 is 0 Å². The molecule has 0 atom stereocenters. The number of nitro groups is 1. The van der Waals surface area contributed by atoms with Gasteiger partial charge in [0.15, 0.2) is 0 Å². The molecule has 0 aliphatic carbocycles. The third-order valence-corrected chi connectivity index (χ3v) is 3.41. The van der Waals surface area contributed by atoms with E-state index in [1.54, 1.807) is 12.3 Å². The Labute approximate surface area is 117 Å². The number of rotatable bonds is 4. The summed E-state index contributed by atoms with van der Waals surface area (Å²) in [7, 11) is 0. The van der Waals surface area contributed by atoms with Gasteiger partial charge in [0.1, 0.15) is 11.9 Å². The van der Waals surface area contributed by atoms with Crippen LogP contribution in [0.1, 0.15) is 19.8 Å². The zero-order valence-electron chi connectivity index (χ0n) is 11.5. The van der Waals surface area contributed by atoms with E-state index in [1.807, 2.05) is 16.7 Å². The number of hydrogen-bond donors (Lipinski definition) is 0. The minimum Gasteiger partial charge on any atom is -0.362 e. The summed E-state index contributed by atoms with van der Waals surface area (Å²) < 4.78 is 0. The Hall–Kier alpha value is -2.18. The van der Waals surface area contributed by atoms with Crippen molar-refractivity contribution in [1.82, 2.24) is 9.88 Å². The first-order valence-corrected chi connectivity index (χ1v) is 6.74. The summed E-state index contributed by atoms with van der Waals surface area (Å²) in [5.41, 5.74) is 0.591. The Morgan fingerprint density at radius 1 is 1.40 bits per heavy atom. The van der Waals surface area contributed by atoms with Crippen LogP contribution in [0.3, 0.4) is 0 Å². The molecular weight excluding hydrogens is 260 g/mol. The number of pyridine rings is 1. The zero-order chi connectivity index (χ0) is 14.5. The molecule has 0 radical (unpaired) electrons. The topological polar surface area (TPSA) is 79.6 Å². The van der Waals surface area contributed by atoms with Gasteiger partial charge in [-0.2, -0.15) is 0 Å². The molecule has 108 valence electrons. The van der Waals surface area contributed by atoms with Crippen molar-refractivity contribution in [3.05, 3.63) is 28.6 Å². The maximum absolute atomic E-state index is 11.8. The SMILES string of the molecule is CCCC(=O)N1CCN(c2ccncc2[N+](=O)[O-])CC1. The molecule has 0 aromatic carbocycles. The molecule has 20 heavy (non-hydrogen) atoms. The number of carbonyl (C=O) groups excluding carboxylic acids is 1. The molecule has 2 rings (SSSR count). The van der Waals surface area contributed by atoms with Gasteiger partial charge in [-0.15, -0.1) is 0 Å². The van der Waals surface area contributed by atoms with E-state index in [0.29, 0.717) is 38.3 Å². The molecule has 1 aromatic heterocycles. The van der Waals surface area contributed by atoms with E-state index in [0.717, 1.165) is 6.42 Å². The van der Waals surface area contributed by atoms with Gasteiger partial charge < -0.3 is 9.80 Å². The molecule has 7 heteroatoms. The Kier molecular flexibility index (Phi) is 4.49. The van der Waals surface area contributed by atoms with Crippen LogP contribution >= 0.6 is 0 Å². The van der Waals surface area contributed by atoms with Crippen LogP contribution in [0.15, 0.2) is 18.5 Å². The Morgan fingerprint density at radius 3 is 2.70 bits per heavy atom. The monoisotopic (exact) mass is 278 g/mol. The van der Waals surface area contributed by atoms with Gasteiger partial charge in [-0.05, 0) is 12.5 Å². The highest BCUT2D eigenvalue weighted by molar-refractivity contribution is 5.76. The van der Waals surface area contributed by atoms with Crippen molar-refractivity contribution in [3.63, 3.8) is 0 Å². The first kappa shape index (κ1) is 14.2. The normalized spacial score (nSPS) is 15.2. The Balaban J connectivity index is 2.04. The maximum atomic E-state index is 11.8. The van der Waals surface area contributed by atoms with Crippen molar-refractivity contribution in [2.45, 2.75) is 19.8 Å². The molecular formula is C13H18N4O3. The quantitative estimate of drug-likeness (QED) is 0.615. The van der Waals surface area contributed by atoms with Gasteiger partial charge in [-0.1, -0.05) is 6.92 Å². The average Bonchev–Trinajstić information content (AvgIpc) is 2.47. The highest BCUT2D eigenvalue weighted by Crippen LogP contribution is 2.27. The van der Waals surface area contributed by atoms with Gasteiger partial charge in [0.2, 0.25) is 5.91 Å². The van der Waals surface area contributed by atoms with Gasteiger partial charge in [0.25, 0.3) is 0 Å². The number of nitrogens with zero attached hydrogens (tertiary/aromatic N) is 4. The molecule has 1 amide bonds. The highest BCUT2D eigenvalue weighted by atomic mass is 16.6. The number of hydrogen-bond acceptors (Lipinski definition) is 5. The Bertz CT molecular complexity index is 498. The molecule has 0 bridgehead atoms. The summed E-state index contributed by atoms with van der Waals surface area (Å²) in [6, 6.07) is 1.65. The number of aromatic nitrogens is 1. The zero-order valence-corrected chi connectivity index (χ0v) is 11.5. The molecule has 0 spiro atoms. The second-order valence-corrected chi connectivity index (χ2v) is 4.74. The first-order valence-electron chi connectivity index (χ1n) is 6.74. The van der Waals surface area contributed by atoms with E-state index in [2.05, 4.69) is 4.98 Å². The van der Waals surface area contributed by atoms with E-state index in [9.17, 15) is 14.9 Å². The lowest BCUT2D eigenvalue weighted by Crippen LogP contribution is -2.48. The van der Waals surface area contributed by atoms with E-state index in [4.69, 9.17) is 0 Å². The van der Waals surface area contributed by atoms with E-state index in [-0.39, 0.29) is 11.6 Å². The van der Waals surface area contributed by atoms with E-state index in [1.165, 1.54) is 6.20 Å². The van der Waals surface area contributed by atoms with Gasteiger partial charge in [0, 0.05) is 38.8 Å². The molecule has 7 nitrogen and oxygen atoms in total. The van der Waals surface area contributed by atoms with Gasteiger partial charge in [-0.3, -0.25) is 19.9 Å². The van der Waals surface area contributed by atoms with Crippen LogP contribution in [0, 0.1) is 10.1 Å². The molecule has 2 heterocycles. The number of carbonyl (C=O) groups is 1. The lowest BCUT2D eigenvalue weighted by Gasteiger charge is -2.35. The molecule has 1 saturated heterocycles. The standard InChI is InChI=1S/C13H18N4O3/c1-2-3-13(18)16-8-6-15(7-9-16)11-4-5-14-10-12(11)17(19)20/h4-5,10H,2-3,6-9H2,1H3. The number of piperazine rings is 1. The molecule has 0 saturated carbocycles. The smallest absolute Gasteiger partial charge is 0.310 e. The van der Waals surface area contributed by atoms with Crippen molar-refractivity contribution < 1.29 is 9.72 Å². The average molecular weight is 278 g/mol. The minimum atomic E-state index is -0.420. The lowest BCUT2D eigenvalue weighted by molar-refractivity contribution is -0.384. The molecule has 1 aliphatic heterocycles. The minimum absolute atomic E-state index is 0.0147. The van der Waals surface area contributed by atoms with Crippen molar-refractivity contribution in [1.29, 1.82) is 0 Å². The fourth-order valence-corrected chi connectivity index (χ4v) is 2.36. The number of amides is 1. The lowest BCUT2D eigenvalue weighted by atomic mass is 10.2. The molecule has 1 aromatic rings. The van der Waals surface area contributed by atoms with Crippen LogP contribution in [0.2, 0.25) is 0 Å². The van der Waals surface area contributed by atoms with Gasteiger partial charge in [0.05, 0.1) is 4.92 Å². The van der Waals surface area contributed by atoms with Gasteiger partial charge in [-0.25, -0.2) is 0 Å². The van der Waals surface area contributed by atoms with Gasteiger partial charge >= 0.3 is 5.69 Å². The second-order valence-electron chi connectivity index (χ2n) is 4.74. The molecule has 0 unspecified atom stereocenters. The Morgan fingerprint density at radius 2 is 2.10 bits per heavy atom. The molecule has 1 fully saturated rings. The third-order valence-electron chi connectivity index (χ3n) is 3.41. The van der Waals surface area contributed by atoms with Crippen LogP contribution in [0.5, 0.6) is 0 Å². The predicted molar refractivity (Wildman–Crippen MR) is 74.6 cm³/mol. The highest BCUT2D eigenvalue weighted by Gasteiger charge is 2.25. The fraction of sp³-hybridized carbons (Fsp3) is 0.538. The van der Waals surface area contributed by atoms with Crippen LogP contribution < -0.4 is 4.90 Å². The van der Waals surface area contributed by atoms with Crippen molar-refractivity contribution in [2.75, 3.05) is 31.1 Å². The largest absolute Gasteiger partial charge is 0.362 e. The molecule has 0 N–H and O–H groups in total. The van der Waals surface area contributed by atoms with Crippen LogP contribution in [-0.4, -0.2) is 46.9 Å². The first-order chi connectivity index (χ1) is 9.63. The van der Waals surface area contributed by atoms with Crippen LogP contribution in [-0.2, 0) is 4.79 Å². The van der Waals surface area contributed by atoms with Crippen molar-refractivity contribution >= 4 is 17.3 Å². The second kappa shape index (κ2) is 6.31. The molecule has 1 aliphatic rings.